The summed E-state index contributed by atoms with van der Waals surface area (Å²) >= 11 is 0. The minimum absolute atomic E-state index is 0.0277. The van der Waals surface area contributed by atoms with Crippen LogP contribution in [0, 0.1) is 5.92 Å². The number of nitrogens with one attached hydrogen (secondary N) is 1. The molecule has 0 bridgehead atoms. The van der Waals surface area contributed by atoms with Crippen molar-refractivity contribution in [1.29, 1.82) is 0 Å². The van der Waals surface area contributed by atoms with E-state index in [1.54, 1.807) is 13.8 Å². The van der Waals surface area contributed by atoms with E-state index in [9.17, 15) is 14.7 Å². The molecule has 0 saturated heterocycles. The minimum atomic E-state index is -1.13. The minimum Gasteiger partial charge on any atom is -0.506 e. The van der Waals surface area contributed by atoms with Gasteiger partial charge in [0.1, 0.15) is 5.75 Å². The molecular formula is C11H13NO4. The lowest BCUT2D eigenvalue weighted by Gasteiger charge is -2.09. The third kappa shape index (κ3) is 2.73. The zero-order valence-electron chi connectivity index (χ0n) is 9.02. The molecule has 1 rings (SSSR count). The number of rotatable bonds is 3. The van der Waals surface area contributed by atoms with E-state index in [0.717, 1.165) is 6.07 Å². The molecule has 5 nitrogen and oxygen atoms in total. The Morgan fingerprint density at radius 2 is 1.94 bits per heavy atom. The molecule has 16 heavy (non-hydrogen) atoms. The fourth-order valence-corrected chi connectivity index (χ4v) is 1.05. The summed E-state index contributed by atoms with van der Waals surface area (Å²) in [5.41, 5.74) is 0.184. The Bertz CT molecular complexity index is 426. The Morgan fingerprint density at radius 1 is 1.31 bits per heavy atom. The van der Waals surface area contributed by atoms with Crippen LogP contribution in [0.2, 0.25) is 0 Å². The zero-order valence-corrected chi connectivity index (χ0v) is 9.02. The molecule has 0 fully saturated rings. The number of phenolic OH excluding ortho intramolecular Hbond substituents is 1. The van der Waals surface area contributed by atoms with Gasteiger partial charge >= 0.3 is 5.97 Å². The van der Waals surface area contributed by atoms with Gasteiger partial charge in [0.05, 0.1) is 11.3 Å². The van der Waals surface area contributed by atoms with Crippen LogP contribution >= 0.6 is 0 Å². The van der Waals surface area contributed by atoms with Gasteiger partial charge in [0.2, 0.25) is 5.91 Å². The van der Waals surface area contributed by atoms with E-state index in [1.807, 2.05) is 0 Å². The largest absolute Gasteiger partial charge is 0.506 e. The third-order valence-electron chi connectivity index (χ3n) is 2.03. The van der Waals surface area contributed by atoms with Crippen LogP contribution in [-0.2, 0) is 4.79 Å². The second-order valence-electron chi connectivity index (χ2n) is 3.68. The Balaban J connectivity index is 2.91. The maximum atomic E-state index is 11.3. The van der Waals surface area contributed by atoms with E-state index >= 15 is 0 Å². The van der Waals surface area contributed by atoms with Crippen LogP contribution in [0.3, 0.4) is 0 Å². The molecule has 0 radical (unpaired) electrons. The van der Waals surface area contributed by atoms with Crippen molar-refractivity contribution in [1.82, 2.24) is 0 Å². The normalized spacial score (nSPS) is 10.2. The van der Waals surface area contributed by atoms with Crippen molar-refractivity contribution in [2.75, 3.05) is 5.32 Å². The number of carbonyl (C=O) groups is 2. The van der Waals surface area contributed by atoms with Crippen LogP contribution < -0.4 is 5.32 Å². The number of benzene rings is 1. The van der Waals surface area contributed by atoms with Crippen molar-refractivity contribution in [3.05, 3.63) is 23.8 Å². The van der Waals surface area contributed by atoms with E-state index in [2.05, 4.69) is 5.32 Å². The second kappa shape index (κ2) is 4.65. The Morgan fingerprint density at radius 3 is 2.38 bits per heavy atom. The van der Waals surface area contributed by atoms with Crippen molar-refractivity contribution in [3.63, 3.8) is 0 Å². The quantitative estimate of drug-likeness (QED) is 0.680. The molecule has 0 aromatic heterocycles. The fourth-order valence-electron chi connectivity index (χ4n) is 1.05. The average molecular weight is 223 g/mol. The standard InChI is InChI=1S/C11H13NO4/c1-6(2)10(14)12-8-4-3-7(11(15)16)5-9(8)13/h3-6,13H,1-2H3,(H,12,14)(H,15,16). The van der Waals surface area contributed by atoms with Crippen LogP contribution in [0.15, 0.2) is 18.2 Å². The number of carbonyl (C=O) groups excluding carboxylic acids is 1. The second-order valence-corrected chi connectivity index (χ2v) is 3.68. The van der Waals surface area contributed by atoms with Crippen molar-refractivity contribution in [2.24, 2.45) is 5.92 Å². The molecular weight excluding hydrogens is 210 g/mol. The first-order valence-electron chi connectivity index (χ1n) is 4.79. The molecule has 86 valence electrons. The monoisotopic (exact) mass is 223 g/mol. The number of aromatic carboxylic acids is 1. The number of anilines is 1. The zero-order chi connectivity index (χ0) is 12.3. The number of carboxylic acid groups (broad SMARTS) is 1. The summed E-state index contributed by atoms with van der Waals surface area (Å²) in [6.45, 7) is 3.44. The predicted octanol–water partition coefficient (Wildman–Crippen LogP) is 1.68. The highest BCUT2D eigenvalue weighted by molar-refractivity contribution is 5.95. The highest BCUT2D eigenvalue weighted by Gasteiger charge is 2.11. The summed E-state index contributed by atoms with van der Waals surface area (Å²) in [5, 5.41) is 20.7. The molecule has 1 aromatic rings. The molecule has 0 saturated carbocycles. The highest BCUT2D eigenvalue weighted by Crippen LogP contribution is 2.24. The molecule has 0 heterocycles. The van der Waals surface area contributed by atoms with Gasteiger partial charge in [-0.15, -0.1) is 0 Å². The molecule has 3 N–H and O–H groups in total. The van der Waals surface area contributed by atoms with E-state index in [0.29, 0.717) is 0 Å². The molecule has 5 heteroatoms. The van der Waals surface area contributed by atoms with Gasteiger partial charge in [0.15, 0.2) is 0 Å². The topological polar surface area (TPSA) is 86.6 Å². The summed E-state index contributed by atoms with van der Waals surface area (Å²) in [4.78, 5) is 21.9. The molecule has 0 aliphatic carbocycles. The summed E-state index contributed by atoms with van der Waals surface area (Å²) in [5.74, 6) is -1.83. The van der Waals surface area contributed by atoms with Gasteiger partial charge in [0.25, 0.3) is 0 Å². The molecule has 1 aromatic carbocycles. The molecule has 0 atom stereocenters. The van der Waals surface area contributed by atoms with Crippen LogP contribution in [-0.4, -0.2) is 22.1 Å². The smallest absolute Gasteiger partial charge is 0.335 e. The average Bonchev–Trinajstić information content (AvgIpc) is 2.20. The summed E-state index contributed by atoms with van der Waals surface area (Å²) < 4.78 is 0. The SMILES string of the molecule is CC(C)C(=O)Nc1ccc(C(=O)O)cc1O. The molecule has 0 aliphatic heterocycles. The van der Waals surface area contributed by atoms with Gasteiger partial charge in [-0.3, -0.25) is 4.79 Å². The summed E-state index contributed by atoms with van der Waals surface area (Å²) in [7, 11) is 0. The molecule has 0 unspecified atom stereocenters. The molecule has 1 amide bonds. The third-order valence-corrected chi connectivity index (χ3v) is 2.03. The van der Waals surface area contributed by atoms with Crippen LogP contribution in [0.1, 0.15) is 24.2 Å². The van der Waals surface area contributed by atoms with Gasteiger partial charge in [-0.05, 0) is 18.2 Å². The van der Waals surface area contributed by atoms with Crippen molar-refractivity contribution in [2.45, 2.75) is 13.8 Å². The maximum Gasteiger partial charge on any atom is 0.335 e. The van der Waals surface area contributed by atoms with Gasteiger partial charge in [-0.2, -0.15) is 0 Å². The van der Waals surface area contributed by atoms with Crippen LogP contribution in [0.4, 0.5) is 5.69 Å². The first-order valence-corrected chi connectivity index (χ1v) is 4.79. The number of aromatic hydroxyl groups is 1. The van der Waals surface area contributed by atoms with Crippen molar-refractivity contribution < 1.29 is 19.8 Å². The number of amides is 1. The van der Waals surface area contributed by atoms with E-state index < -0.39 is 5.97 Å². The Labute approximate surface area is 92.7 Å². The van der Waals surface area contributed by atoms with Gasteiger partial charge in [0, 0.05) is 5.92 Å². The number of hydrogen-bond acceptors (Lipinski definition) is 3. The lowest BCUT2D eigenvalue weighted by molar-refractivity contribution is -0.118. The highest BCUT2D eigenvalue weighted by atomic mass is 16.4. The summed E-state index contributed by atoms with van der Waals surface area (Å²) in [6.07, 6.45) is 0. The first-order chi connectivity index (χ1) is 7.41. The fraction of sp³-hybridized carbons (Fsp3) is 0.273. The van der Waals surface area contributed by atoms with Gasteiger partial charge in [-0.1, -0.05) is 13.8 Å². The lowest BCUT2D eigenvalue weighted by atomic mass is 10.1. The molecule has 0 aliphatic rings. The number of hydrogen-bond donors (Lipinski definition) is 3. The Kier molecular flexibility index (Phi) is 3.50. The van der Waals surface area contributed by atoms with Crippen molar-refractivity contribution >= 4 is 17.6 Å². The van der Waals surface area contributed by atoms with E-state index in [1.165, 1.54) is 12.1 Å². The van der Waals surface area contributed by atoms with Gasteiger partial charge in [-0.25, -0.2) is 4.79 Å². The maximum absolute atomic E-state index is 11.3. The van der Waals surface area contributed by atoms with Crippen molar-refractivity contribution in [3.8, 4) is 5.75 Å². The van der Waals surface area contributed by atoms with E-state index in [4.69, 9.17) is 5.11 Å². The summed E-state index contributed by atoms with van der Waals surface area (Å²) in [6, 6.07) is 3.77. The predicted molar refractivity (Wildman–Crippen MR) is 58.5 cm³/mol. The van der Waals surface area contributed by atoms with Crippen LogP contribution in [0.5, 0.6) is 5.75 Å². The molecule has 0 spiro atoms. The first kappa shape index (κ1) is 12.0. The number of phenols is 1. The number of carboxylic acids is 1. The van der Waals surface area contributed by atoms with Crippen LogP contribution in [0.25, 0.3) is 0 Å². The van der Waals surface area contributed by atoms with Gasteiger partial charge < -0.3 is 15.5 Å². The lowest BCUT2D eigenvalue weighted by Crippen LogP contribution is -2.17. The van der Waals surface area contributed by atoms with E-state index in [-0.39, 0.29) is 28.8 Å². The Hall–Kier alpha value is -2.04.